The molecule has 0 spiro atoms. The number of ketones is 1. The first-order valence-corrected chi connectivity index (χ1v) is 5.61. The van der Waals surface area contributed by atoms with Crippen molar-refractivity contribution < 1.29 is 4.79 Å². The summed E-state index contributed by atoms with van der Waals surface area (Å²) in [4.78, 5) is 11.9. The van der Waals surface area contributed by atoms with E-state index in [4.69, 9.17) is 5.41 Å². The number of rotatable bonds is 0. The Morgan fingerprint density at radius 3 is 1.81 bits per heavy atom. The molecule has 1 rings (SSSR count). The monoisotopic (exact) mass is 219 g/mol. The van der Waals surface area contributed by atoms with Crippen molar-refractivity contribution in [3.8, 4) is 0 Å². The molecule has 1 aliphatic carbocycles. The smallest absolute Gasteiger partial charge is 0.207 e. The molecule has 0 aromatic carbocycles. The first kappa shape index (κ1) is 12.9. The van der Waals surface area contributed by atoms with E-state index in [0.29, 0.717) is 0 Å². The van der Waals surface area contributed by atoms with Crippen molar-refractivity contribution in [3.05, 3.63) is 23.3 Å². The fourth-order valence-corrected chi connectivity index (χ4v) is 1.62. The van der Waals surface area contributed by atoms with Gasteiger partial charge < -0.3 is 0 Å². The van der Waals surface area contributed by atoms with Crippen LogP contribution in [0.3, 0.4) is 0 Å². The van der Waals surface area contributed by atoms with E-state index in [9.17, 15) is 4.79 Å². The number of carbonyl (C=O) groups excluding carboxylic acids is 1. The maximum absolute atomic E-state index is 11.9. The molecule has 0 heterocycles. The molecule has 0 unspecified atom stereocenters. The van der Waals surface area contributed by atoms with Crippen LogP contribution < -0.4 is 0 Å². The van der Waals surface area contributed by atoms with E-state index in [1.54, 1.807) is 6.08 Å². The van der Waals surface area contributed by atoms with Crippen LogP contribution in [0.2, 0.25) is 0 Å². The molecule has 0 aliphatic heterocycles. The van der Waals surface area contributed by atoms with Crippen LogP contribution in [0.1, 0.15) is 41.5 Å². The molecule has 2 heteroatoms. The zero-order valence-corrected chi connectivity index (χ0v) is 11.1. The topological polar surface area (TPSA) is 40.9 Å². The lowest BCUT2D eigenvalue weighted by atomic mass is 9.74. The third kappa shape index (κ3) is 2.49. The van der Waals surface area contributed by atoms with Gasteiger partial charge in [-0.1, -0.05) is 47.6 Å². The highest BCUT2D eigenvalue weighted by molar-refractivity contribution is 6.49. The van der Waals surface area contributed by atoms with Gasteiger partial charge in [0.05, 0.1) is 0 Å². The quantitative estimate of drug-likeness (QED) is 0.622. The van der Waals surface area contributed by atoms with Crippen molar-refractivity contribution >= 4 is 11.5 Å². The Bertz CT molecular complexity index is 397. The van der Waals surface area contributed by atoms with Gasteiger partial charge in [0.1, 0.15) is 5.71 Å². The van der Waals surface area contributed by atoms with E-state index in [0.717, 1.165) is 11.1 Å². The lowest BCUT2D eigenvalue weighted by molar-refractivity contribution is -0.110. The summed E-state index contributed by atoms with van der Waals surface area (Å²) in [7, 11) is 0. The fourth-order valence-electron chi connectivity index (χ4n) is 1.62. The summed E-state index contributed by atoms with van der Waals surface area (Å²) in [6, 6.07) is 0. The molecule has 0 fully saturated rings. The van der Waals surface area contributed by atoms with Gasteiger partial charge in [0.15, 0.2) is 0 Å². The number of carbonyl (C=O) groups is 1. The van der Waals surface area contributed by atoms with Gasteiger partial charge >= 0.3 is 0 Å². The van der Waals surface area contributed by atoms with Crippen LogP contribution in [-0.2, 0) is 4.79 Å². The summed E-state index contributed by atoms with van der Waals surface area (Å²) >= 11 is 0. The average molecular weight is 219 g/mol. The molecule has 16 heavy (non-hydrogen) atoms. The predicted octanol–water partition coefficient (Wildman–Crippen LogP) is 3.53. The minimum atomic E-state index is -0.200. The van der Waals surface area contributed by atoms with Crippen LogP contribution in [0.4, 0.5) is 0 Å². The van der Waals surface area contributed by atoms with Crippen molar-refractivity contribution in [1.82, 2.24) is 0 Å². The molecule has 1 N–H and O–H groups in total. The Balaban J connectivity index is 3.29. The average Bonchev–Trinajstić information content (AvgIpc) is 2.05. The highest BCUT2D eigenvalue weighted by atomic mass is 16.1. The first-order valence-electron chi connectivity index (χ1n) is 5.61. The zero-order chi connectivity index (χ0) is 12.7. The molecule has 0 bridgehead atoms. The number of hydrogen-bond acceptors (Lipinski definition) is 2. The summed E-state index contributed by atoms with van der Waals surface area (Å²) in [5, 5.41) is 7.75. The third-order valence-corrected chi connectivity index (χ3v) is 2.76. The van der Waals surface area contributed by atoms with Crippen LogP contribution in [0.25, 0.3) is 0 Å². The number of nitrogens with one attached hydrogen (secondary N) is 1. The van der Waals surface area contributed by atoms with Crippen molar-refractivity contribution in [1.29, 1.82) is 5.41 Å². The molecule has 0 atom stereocenters. The van der Waals surface area contributed by atoms with E-state index < -0.39 is 0 Å². The number of allylic oxidation sites excluding steroid dienone is 4. The molecule has 0 aromatic heterocycles. The van der Waals surface area contributed by atoms with Crippen molar-refractivity contribution in [3.63, 3.8) is 0 Å². The van der Waals surface area contributed by atoms with Crippen LogP contribution in [-0.4, -0.2) is 11.5 Å². The van der Waals surface area contributed by atoms with Gasteiger partial charge in [-0.25, -0.2) is 0 Å². The Morgan fingerprint density at radius 1 is 0.938 bits per heavy atom. The Kier molecular flexibility index (Phi) is 2.97. The second kappa shape index (κ2) is 3.69. The van der Waals surface area contributed by atoms with E-state index in [2.05, 4.69) is 20.8 Å². The number of hydrogen-bond donors (Lipinski definition) is 1. The molecule has 0 saturated heterocycles. The van der Waals surface area contributed by atoms with Gasteiger partial charge in [0.25, 0.3) is 0 Å². The van der Waals surface area contributed by atoms with Crippen LogP contribution >= 0.6 is 0 Å². The highest BCUT2D eigenvalue weighted by Crippen LogP contribution is 2.35. The van der Waals surface area contributed by atoms with Crippen molar-refractivity contribution in [2.24, 2.45) is 10.8 Å². The molecule has 2 nitrogen and oxygen atoms in total. The maximum atomic E-state index is 11.9. The van der Waals surface area contributed by atoms with Gasteiger partial charge in [-0.2, -0.15) is 0 Å². The molecule has 0 radical (unpaired) electrons. The molecular weight excluding hydrogens is 198 g/mol. The standard InChI is InChI=1S/C14H21NO/c1-13(2,3)9-7-10(14(4,5)6)12(16)11(15)8-9/h7-8,15H,1-6H3. The lowest BCUT2D eigenvalue weighted by Crippen LogP contribution is -2.28. The zero-order valence-electron chi connectivity index (χ0n) is 11.1. The summed E-state index contributed by atoms with van der Waals surface area (Å²) in [6.45, 7) is 12.3. The third-order valence-electron chi connectivity index (χ3n) is 2.76. The SMILES string of the molecule is CC(C)(C)C1=CC(=N)C(=O)C(C(C)(C)C)=C1. The van der Waals surface area contributed by atoms with Crippen LogP contribution in [0.15, 0.2) is 23.3 Å². The summed E-state index contributed by atoms with van der Waals surface area (Å²) in [6.07, 6.45) is 3.65. The second-order valence-corrected chi connectivity index (χ2v) is 6.40. The Labute approximate surface area is 97.9 Å². The van der Waals surface area contributed by atoms with E-state index in [-0.39, 0.29) is 22.3 Å². The van der Waals surface area contributed by atoms with E-state index in [1.807, 2.05) is 26.8 Å². The van der Waals surface area contributed by atoms with Crippen molar-refractivity contribution in [2.75, 3.05) is 0 Å². The molecule has 0 aromatic rings. The van der Waals surface area contributed by atoms with E-state index >= 15 is 0 Å². The summed E-state index contributed by atoms with van der Waals surface area (Å²) in [5.41, 5.74) is 1.68. The van der Waals surface area contributed by atoms with Gasteiger partial charge in [0.2, 0.25) is 5.78 Å². The molecule has 0 amide bonds. The fraction of sp³-hybridized carbons (Fsp3) is 0.571. The lowest BCUT2D eigenvalue weighted by Gasteiger charge is -2.29. The van der Waals surface area contributed by atoms with Crippen molar-refractivity contribution in [2.45, 2.75) is 41.5 Å². The largest absolute Gasteiger partial charge is 0.297 e. The summed E-state index contributed by atoms with van der Waals surface area (Å²) in [5.74, 6) is -0.138. The van der Waals surface area contributed by atoms with Crippen LogP contribution in [0.5, 0.6) is 0 Å². The van der Waals surface area contributed by atoms with Gasteiger partial charge in [0, 0.05) is 5.57 Å². The molecule has 88 valence electrons. The van der Waals surface area contributed by atoms with Gasteiger partial charge in [-0.05, 0) is 22.5 Å². The second-order valence-electron chi connectivity index (χ2n) is 6.40. The van der Waals surface area contributed by atoms with Gasteiger partial charge in [-0.3, -0.25) is 10.2 Å². The van der Waals surface area contributed by atoms with Crippen LogP contribution in [0, 0.1) is 16.2 Å². The predicted molar refractivity (Wildman–Crippen MR) is 67.8 cm³/mol. The normalized spacial score (nSPS) is 18.4. The highest BCUT2D eigenvalue weighted by Gasteiger charge is 2.31. The number of Topliss-reactive ketones (excluding diaryl/α,β-unsaturated/α-hetero) is 1. The summed E-state index contributed by atoms with van der Waals surface area (Å²) < 4.78 is 0. The minimum absolute atomic E-state index is 0.0243. The molecule has 0 saturated carbocycles. The molecular formula is C14H21NO. The Hall–Kier alpha value is -1.18. The minimum Gasteiger partial charge on any atom is -0.297 e. The Morgan fingerprint density at radius 2 is 1.44 bits per heavy atom. The molecule has 1 aliphatic rings. The maximum Gasteiger partial charge on any atom is 0.207 e. The first-order chi connectivity index (χ1) is 7.03. The van der Waals surface area contributed by atoms with E-state index in [1.165, 1.54) is 0 Å². The van der Waals surface area contributed by atoms with Gasteiger partial charge in [-0.15, -0.1) is 0 Å².